The van der Waals surface area contributed by atoms with Crippen LogP contribution < -0.4 is 0 Å². The van der Waals surface area contributed by atoms with Crippen LogP contribution in [-0.4, -0.2) is 16.1 Å². The molecule has 1 aromatic carbocycles. The highest BCUT2D eigenvalue weighted by atomic mass is 35.5. The molecule has 7 heteroatoms. The lowest BCUT2D eigenvalue weighted by Crippen LogP contribution is -2.00. The molecular weight excluding hydrogens is 336 g/mol. The quantitative estimate of drug-likeness (QED) is 0.637. The molecule has 0 amide bonds. The highest BCUT2D eigenvalue weighted by Crippen LogP contribution is 2.31. The molecule has 110 valence electrons. The molecule has 1 aromatic heterocycles. The molecule has 0 aliphatic rings. The fourth-order valence-corrected chi connectivity index (χ4v) is 3.46. The number of nitrogens with zero attached hydrogens (tertiary/aromatic N) is 1. The third kappa shape index (κ3) is 3.87. The summed E-state index contributed by atoms with van der Waals surface area (Å²) in [6, 6.07) is 5.63. The minimum atomic E-state index is -1.30. The zero-order valence-electron chi connectivity index (χ0n) is 10.9. The molecule has 0 saturated carbocycles. The van der Waals surface area contributed by atoms with Gasteiger partial charge in [-0.2, -0.15) is 0 Å². The molecule has 0 bridgehead atoms. The lowest BCUT2D eigenvalue weighted by atomic mass is 10.2. The Morgan fingerprint density at radius 3 is 2.71 bits per heavy atom. The van der Waals surface area contributed by atoms with E-state index in [4.69, 9.17) is 28.3 Å². The summed E-state index contributed by atoms with van der Waals surface area (Å²) in [6.45, 7) is 1.79. The molecule has 0 atom stereocenters. The lowest BCUT2D eigenvalue weighted by Gasteiger charge is -2.08. The number of benzene rings is 1. The van der Waals surface area contributed by atoms with Gasteiger partial charge in [0.1, 0.15) is 11.0 Å². The first-order chi connectivity index (χ1) is 9.88. The molecule has 0 spiro atoms. The Kier molecular flexibility index (Phi) is 5.08. The van der Waals surface area contributed by atoms with Crippen molar-refractivity contribution in [2.75, 3.05) is 0 Å². The Labute approximate surface area is 135 Å². The second-order valence-corrected chi connectivity index (χ2v) is 6.06. The Balaban J connectivity index is 2.21. The number of aryl methyl sites for hydroxylation is 1. The zero-order chi connectivity index (χ0) is 15.6. The molecule has 0 radical (unpaired) electrons. The smallest absolute Gasteiger partial charge is 0.338 e. The molecule has 21 heavy (non-hydrogen) atoms. The molecule has 0 aliphatic carbocycles. The van der Waals surface area contributed by atoms with Crippen molar-refractivity contribution in [1.29, 1.82) is 0 Å². The van der Waals surface area contributed by atoms with Crippen LogP contribution in [0.2, 0.25) is 10.2 Å². The largest absolute Gasteiger partial charge is 0.478 e. The molecule has 1 heterocycles. The SMILES string of the molecule is Cc1cc(Cl)c(CSc2ccc(F)c(C(=O)O)c2)c(Cl)n1. The van der Waals surface area contributed by atoms with E-state index in [0.717, 1.165) is 6.07 Å². The number of carboxylic acid groups (broad SMARTS) is 1. The topological polar surface area (TPSA) is 50.2 Å². The molecule has 0 unspecified atom stereocenters. The zero-order valence-corrected chi connectivity index (χ0v) is 13.2. The van der Waals surface area contributed by atoms with Crippen molar-refractivity contribution in [3.8, 4) is 0 Å². The highest BCUT2D eigenvalue weighted by Gasteiger charge is 2.13. The molecule has 2 aromatic rings. The normalized spacial score (nSPS) is 10.7. The van der Waals surface area contributed by atoms with Crippen LogP contribution in [0.1, 0.15) is 21.6 Å². The van der Waals surface area contributed by atoms with Gasteiger partial charge >= 0.3 is 5.97 Å². The van der Waals surface area contributed by atoms with Crippen molar-refractivity contribution in [2.45, 2.75) is 17.6 Å². The van der Waals surface area contributed by atoms with Gasteiger partial charge in [-0.25, -0.2) is 14.2 Å². The van der Waals surface area contributed by atoms with E-state index in [2.05, 4.69) is 4.98 Å². The van der Waals surface area contributed by atoms with E-state index in [0.29, 0.717) is 32.1 Å². The average molecular weight is 346 g/mol. The maximum absolute atomic E-state index is 13.3. The summed E-state index contributed by atoms with van der Waals surface area (Å²) < 4.78 is 13.3. The van der Waals surface area contributed by atoms with Crippen molar-refractivity contribution < 1.29 is 14.3 Å². The van der Waals surface area contributed by atoms with Gasteiger partial charge in [0.25, 0.3) is 0 Å². The van der Waals surface area contributed by atoms with Gasteiger partial charge in [0.2, 0.25) is 0 Å². The van der Waals surface area contributed by atoms with E-state index in [1.807, 2.05) is 0 Å². The van der Waals surface area contributed by atoms with E-state index in [1.54, 1.807) is 13.0 Å². The summed E-state index contributed by atoms with van der Waals surface area (Å²) in [4.78, 5) is 15.6. The Hall–Kier alpha value is -1.30. The van der Waals surface area contributed by atoms with Gasteiger partial charge in [-0.3, -0.25) is 0 Å². The Morgan fingerprint density at radius 2 is 2.10 bits per heavy atom. The first-order valence-corrected chi connectivity index (χ1v) is 7.60. The molecule has 3 nitrogen and oxygen atoms in total. The van der Waals surface area contributed by atoms with E-state index < -0.39 is 11.8 Å². The van der Waals surface area contributed by atoms with Crippen LogP contribution in [-0.2, 0) is 5.75 Å². The minimum Gasteiger partial charge on any atom is -0.478 e. The summed E-state index contributed by atoms with van der Waals surface area (Å²) in [7, 11) is 0. The summed E-state index contributed by atoms with van der Waals surface area (Å²) in [6.07, 6.45) is 0. The maximum Gasteiger partial charge on any atom is 0.338 e. The van der Waals surface area contributed by atoms with Crippen LogP contribution in [0.4, 0.5) is 4.39 Å². The number of pyridine rings is 1. The Bertz CT molecular complexity index is 686. The van der Waals surface area contributed by atoms with Crippen LogP contribution in [0.25, 0.3) is 0 Å². The third-order valence-electron chi connectivity index (χ3n) is 2.70. The van der Waals surface area contributed by atoms with E-state index in [-0.39, 0.29) is 5.56 Å². The van der Waals surface area contributed by atoms with Crippen molar-refractivity contribution in [3.05, 3.63) is 57.1 Å². The standard InChI is InChI=1S/C14H10Cl2FNO2S/c1-7-4-11(15)10(13(16)18-7)6-21-8-2-3-12(17)9(5-8)14(19)20/h2-5H,6H2,1H3,(H,19,20). The Morgan fingerprint density at radius 1 is 1.38 bits per heavy atom. The van der Waals surface area contributed by atoms with Crippen LogP contribution in [0.15, 0.2) is 29.2 Å². The first kappa shape index (κ1) is 16.1. The fraction of sp³-hybridized carbons (Fsp3) is 0.143. The predicted molar refractivity (Wildman–Crippen MR) is 81.9 cm³/mol. The number of halogens is 3. The van der Waals surface area contributed by atoms with Gasteiger partial charge < -0.3 is 5.11 Å². The number of aromatic carboxylic acids is 1. The number of thioether (sulfide) groups is 1. The molecule has 0 fully saturated rings. The summed E-state index contributed by atoms with van der Waals surface area (Å²) in [5.41, 5.74) is 1.02. The summed E-state index contributed by atoms with van der Waals surface area (Å²) >= 11 is 13.5. The van der Waals surface area contributed by atoms with E-state index in [1.165, 1.54) is 23.9 Å². The monoisotopic (exact) mass is 345 g/mol. The molecule has 1 N–H and O–H groups in total. The second-order valence-electron chi connectivity index (χ2n) is 4.25. The van der Waals surface area contributed by atoms with Crippen molar-refractivity contribution >= 4 is 40.9 Å². The molecule has 0 aliphatic heterocycles. The van der Waals surface area contributed by atoms with Gasteiger partial charge in [0.05, 0.1) is 5.56 Å². The summed E-state index contributed by atoms with van der Waals surface area (Å²) in [5, 5.41) is 9.71. The first-order valence-electron chi connectivity index (χ1n) is 5.85. The van der Waals surface area contributed by atoms with Crippen LogP contribution in [0, 0.1) is 12.7 Å². The second kappa shape index (κ2) is 6.64. The maximum atomic E-state index is 13.3. The van der Waals surface area contributed by atoms with E-state index in [9.17, 15) is 9.18 Å². The van der Waals surface area contributed by atoms with Gasteiger partial charge in [-0.05, 0) is 31.2 Å². The van der Waals surface area contributed by atoms with Gasteiger partial charge in [-0.15, -0.1) is 11.8 Å². The predicted octanol–water partition coefficient (Wildman–Crippen LogP) is 4.83. The van der Waals surface area contributed by atoms with Crippen LogP contribution >= 0.6 is 35.0 Å². The van der Waals surface area contributed by atoms with Gasteiger partial charge in [-0.1, -0.05) is 23.2 Å². The number of hydrogen-bond acceptors (Lipinski definition) is 3. The van der Waals surface area contributed by atoms with Gasteiger partial charge in [0, 0.05) is 26.9 Å². The summed E-state index contributed by atoms with van der Waals surface area (Å²) in [5.74, 6) is -1.65. The number of rotatable bonds is 4. The third-order valence-corrected chi connectivity index (χ3v) is 4.37. The minimum absolute atomic E-state index is 0.313. The van der Waals surface area contributed by atoms with E-state index >= 15 is 0 Å². The number of hydrogen-bond donors (Lipinski definition) is 1. The molecule has 0 saturated heterocycles. The van der Waals surface area contributed by atoms with Crippen LogP contribution in [0.3, 0.4) is 0 Å². The van der Waals surface area contributed by atoms with Crippen LogP contribution in [0.5, 0.6) is 0 Å². The number of aromatic nitrogens is 1. The average Bonchev–Trinajstić information content (AvgIpc) is 2.38. The van der Waals surface area contributed by atoms with Crippen molar-refractivity contribution in [1.82, 2.24) is 4.98 Å². The van der Waals surface area contributed by atoms with Gasteiger partial charge in [0.15, 0.2) is 0 Å². The molecular formula is C14H10Cl2FNO2S. The van der Waals surface area contributed by atoms with Crippen molar-refractivity contribution in [2.24, 2.45) is 0 Å². The van der Waals surface area contributed by atoms with Crippen molar-refractivity contribution in [3.63, 3.8) is 0 Å². The highest BCUT2D eigenvalue weighted by molar-refractivity contribution is 7.98. The lowest BCUT2D eigenvalue weighted by molar-refractivity contribution is 0.0691. The molecule has 2 rings (SSSR count). The number of carboxylic acids is 1. The fourth-order valence-electron chi connectivity index (χ4n) is 1.67. The number of carbonyl (C=O) groups is 1.